The van der Waals surface area contributed by atoms with Crippen LogP contribution >= 0.6 is 11.3 Å². The Labute approximate surface area is 150 Å². The molecule has 0 aliphatic heterocycles. The van der Waals surface area contributed by atoms with Gasteiger partial charge in [-0.3, -0.25) is 9.59 Å². The summed E-state index contributed by atoms with van der Waals surface area (Å²) in [6, 6.07) is 13.9. The minimum absolute atomic E-state index is 0.107. The third kappa shape index (κ3) is 3.69. The van der Waals surface area contributed by atoms with Crippen molar-refractivity contribution < 1.29 is 9.59 Å². The second kappa shape index (κ2) is 7.03. The molecule has 1 aromatic heterocycles. The van der Waals surface area contributed by atoms with Crippen LogP contribution in [0.2, 0.25) is 0 Å². The maximum atomic E-state index is 12.4. The van der Waals surface area contributed by atoms with Gasteiger partial charge in [0.1, 0.15) is 4.88 Å². The lowest BCUT2D eigenvalue weighted by atomic mass is 10.0. The number of amides is 2. The Morgan fingerprint density at radius 3 is 2.60 bits per heavy atom. The molecule has 3 rings (SSSR count). The Bertz CT molecular complexity index is 941. The van der Waals surface area contributed by atoms with Gasteiger partial charge in [-0.15, -0.1) is 0 Å². The molecular weight excluding hydrogens is 334 g/mol. The van der Waals surface area contributed by atoms with Crippen molar-refractivity contribution in [2.24, 2.45) is 0 Å². The highest BCUT2D eigenvalue weighted by molar-refractivity contribution is 7.17. The van der Waals surface area contributed by atoms with Gasteiger partial charge in [0.15, 0.2) is 5.13 Å². The lowest BCUT2D eigenvalue weighted by molar-refractivity contribution is -0.115. The van der Waals surface area contributed by atoms with Gasteiger partial charge in [0, 0.05) is 14.1 Å². The first-order chi connectivity index (χ1) is 12.0. The van der Waals surface area contributed by atoms with Crippen LogP contribution in [0.4, 0.5) is 5.13 Å². The van der Waals surface area contributed by atoms with Crippen molar-refractivity contribution in [2.75, 3.05) is 19.4 Å². The first kappa shape index (κ1) is 17.1. The van der Waals surface area contributed by atoms with Gasteiger partial charge in [-0.1, -0.05) is 53.8 Å². The molecular formula is C19H19N3O2S. The highest BCUT2D eigenvalue weighted by atomic mass is 32.1. The van der Waals surface area contributed by atoms with Crippen molar-refractivity contribution in [3.63, 3.8) is 0 Å². The molecule has 0 unspecified atom stereocenters. The number of fused-ring (bicyclic) bond motifs is 1. The highest BCUT2D eigenvalue weighted by Crippen LogP contribution is 2.24. The van der Waals surface area contributed by atoms with Gasteiger partial charge in [-0.2, -0.15) is 0 Å². The predicted molar refractivity (Wildman–Crippen MR) is 101 cm³/mol. The molecule has 0 fully saturated rings. The molecule has 0 aliphatic rings. The monoisotopic (exact) mass is 353 g/mol. The Kier molecular flexibility index (Phi) is 4.81. The fraction of sp³-hybridized carbons (Fsp3) is 0.211. The van der Waals surface area contributed by atoms with Gasteiger partial charge in [0.25, 0.3) is 5.91 Å². The molecule has 0 aliphatic carbocycles. The van der Waals surface area contributed by atoms with Crippen molar-refractivity contribution >= 4 is 39.1 Å². The molecule has 0 spiro atoms. The predicted octanol–water partition coefficient (Wildman–Crippen LogP) is 3.49. The van der Waals surface area contributed by atoms with Crippen molar-refractivity contribution in [1.82, 2.24) is 9.88 Å². The highest BCUT2D eigenvalue weighted by Gasteiger charge is 2.18. The average molecular weight is 353 g/mol. The minimum atomic E-state index is -0.144. The summed E-state index contributed by atoms with van der Waals surface area (Å²) in [7, 11) is 3.39. The maximum absolute atomic E-state index is 12.4. The molecule has 5 nitrogen and oxygen atoms in total. The van der Waals surface area contributed by atoms with E-state index in [2.05, 4.69) is 10.3 Å². The first-order valence-electron chi connectivity index (χ1n) is 7.91. The van der Waals surface area contributed by atoms with Crippen molar-refractivity contribution in [1.29, 1.82) is 0 Å². The van der Waals surface area contributed by atoms with E-state index in [-0.39, 0.29) is 18.2 Å². The quantitative estimate of drug-likeness (QED) is 0.781. The summed E-state index contributed by atoms with van der Waals surface area (Å²) in [6.07, 6.45) is 0.261. The zero-order valence-corrected chi connectivity index (χ0v) is 15.2. The van der Waals surface area contributed by atoms with Gasteiger partial charge in [0.2, 0.25) is 5.91 Å². The van der Waals surface area contributed by atoms with Crippen LogP contribution in [-0.2, 0) is 11.2 Å². The minimum Gasteiger partial charge on any atom is -0.344 e. The van der Waals surface area contributed by atoms with E-state index in [1.165, 1.54) is 16.2 Å². The van der Waals surface area contributed by atoms with E-state index < -0.39 is 0 Å². The SMILES string of the molecule is Cc1nc(NC(=O)Cc2cccc3ccccc23)sc1C(=O)N(C)C. The third-order valence-corrected chi connectivity index (χ3v) is 4.94. The van der Waals surface area contributed by atoms with E-state index in [1.54, 1.807) is 21.0 Å². The van der Waals surface area contributed by atoms with E-state index in [1.807, 2.05) is 42.5 Å². The van der Waals surface area contributed by atoms with Gasteiger partial charge in [-0.05, 0) is 23.3 Å². The second-order valence-electron chi connectivity index (χ2n) is 6.00. The molecule has 25 heavy (non-hydrogen) atoms. The van der Waals surface area contributed by atoms with Crippen LogP contribution in [0, 0.1) is 6.92 Å². The summed E-state index contributed by atoms with van der Waals surface area (Å²) in [6.45, 7) is 1.77. The fourth-order valence-electron chi connectivity index (χ4n) is 2.63. The summed E-state index contributed by atoms with van der Waals surface area (Å²) >= 11 is 1.20. The number of benzene rings is 2. The van der Waals surface area contributed by atoms with Crippen molar-refractivity contribution in [3.8, 4) is 0 Å². The number of carbonyl (C=O) groups excluding carboxylic acids is 2. The molecule has 0 bridgehead atoms. The molecule has 128 valence electrons. The molecule has 0 atom stereocenters. The van der Waals surface area contributed by atoms with E-state index in [9.17, 15) is 9.59 Å². The number of hydrogen-bond acceptors (Lipinski definition) is 4. The summed E-state index contributed by atoms with van der Waals surface area (Å²) in [5.41, 5.74) is 1.60. The molecule has 6 heteroatoms. The summed E-state index contributed by atoms with van der Waals surface area (Å²) in [4.78, 5) is 30.8. The van der Waals surface area contributed by atoms with Gasteiger partial charge in [0.05, 0.1) is 12.1 Å². The summed E-state index contributed by atoms with van der Waals surface area (Å²) < 4.78 is 0. The molecule has 0 radical (unpaired) electrons. The fourth-order valence-corrected chi connectivity index (χ4v) is 3.64. The van der Waals surface area contributed by atoms with Crippen LogP contribution in [0.15, 0.2) is 42.5 Å². The van der Waals surface area contributed by atoms with Crippen molar-refractivity contribution in [2.45, 2.75) is 13.3 Å². The van der Waals surface area contributed by atoms with Crippen molar-refractivity contribution in [3.05, 3.63) is 58.6 Å². The molecule has 2 amide bonds. The van der Waals surface area contributed by atoms with Crippen LogP contribution in [0.3, 0.4) is 0 Å². The lowest BCUT2D eigenvalue weighted by Gasteiger charge is -2.08. The van der Waals surface area contributed by atoms with E-state index in [4.69, 9.17) is 0 Å². The molecule has 1 N–H and O–H groups in total. The molecule has 0 saturated carbocycles. The maximum Gasteiger partial charge on any atom is 0.265 e. The molecule has 0 saturated heterocycles. The van der Waals surface area contributed by atoms with Gasteiger partial charge >= 0.3 is 0 Å². The van der Waals surface area contributed by atoms with E-state index >= 15 is 0 Å². The topological polar surface area (TPSA) is 62.3 Å². The standard InChI is InChI=1S/C19H19N3O2S/c1-12-17(18(24)22(2)3)25-19(20-12)21-16(23)11-14-9-6-8-13-7-4-5-10-15(13)14/h4-10H,11H2,1-3H3,(H,20,21,23). The number of hydrogen-bond donors (Lipinski definition) is 1. The van der Waals surface area contributed by atoms with E-state index in [0.29, 0.717) is 15.7 Å². The number of rotatable bonds is 4. The Morgan fingerprint density at radius 1 is 1.12 bits per heavy atom. The van der Waals surface area contributed by atoms with Crippen LogP contribution < -0.4 is 5.32 Å². The third-order valence-electron chi connectivity index (χ3n) is 3.87. The Morgan fingerprint density at radius 2 is 1.84 bits per heavy atom. The van der Waals surface area contributed by atoms with Gasteiger partial charge in [-0.25, -0.2) is 4.98 Å². The molecule has 2 aromatic carbocycles. The number of thiazole rings is 1. The average Bonchev–Trinajstić information content (AvgIpc) is 2.94. The number of nitrogens with zero attached hydrogens (tertiary/aromatic N) is 2. The summed E-state index contributed by atoms with van der Waals surface area (Å²) in [5, 5.41) is 5.44. The summed E-state index contributed by atoms with van der Waals surface area (Å²) in [5.74, 6) is -0.251. The molecule has 1 heterocycles. The number of aryl methyl sites for hydroxylation is 1. The Balaban J connectivity index is 1.77. The van der Waals surface area contributed by atoms with Crippen LogP contribution in [0.5, 0.6) is 0 Å². The zero-order chi connectivity index (χ0) is 18.0. The van der Waals surface area contributed by atoms with Crippen LogP contribution in [0.1, 0.15) is 20.9 Å². The lowest BCUT2D eigenvalue weighted by Crippen LogP contribution is -2.21. The van der Waals surface area contributed by atoms with E-state index in [0.717, 1.165) is 16.3 Å². The number of aromatic nitrogens is 1. The second-order valence-corrected chi connectivity index (χ2v) is 7.00. The first-order valence-corrected chi connectivity index (χ1v) is 8.73. The Hall–Kier alpha value is -2.73. The normalized spacial score (nSPS) is 10.7. The van der Waals surface area contributed by atoms with Crippen LogP contribution in [-0.4, -0.2) is 35.8 Å². The number of nitrogens with one attached hydrogen (secondary N) is 1. The zero-order valence-electron chi connectivity index (χ0n) is 14.4. The number of anilines is 1. The van der Waals surface area contributed by atoms with Crippen LogP contribution in [0.25, 0.3) is 10.8 Å². The number of carbonyl (C=O) groups is 2. The smallest absolute Gasteiger partial charge is 0.265 e. The molecule has 3 aromatic rings. The largest absolute Gasteiger partial charge is 0.344 e. The van der Waals surface area contributed by atoms with Gasteiger partial charge < -0.3 is 10.2 Å².